The largest absolute Gasteiger partial charge is 0.487 e. The summed E-state index contributed by atoms with van der Waals surface area (Å²) in [5.41, 5.74) is 0.712. The quantitative estimate of drug-likeness (QED) is 0.357. The highest BCUT2D eigenvalue weighted by Gasteiger charge is 2.24. The van der Waals surface area contributed by atoms with Crippen molar-refractivity contribution in [2.75, 3.05) is 5.32 Å². The Morgan fingerprint density at radius 1 is 1.10 bits per heavy atom. The van der Waals surface area contributed by atoms with Crippen LogP contribution < -0.4 is 10.1 Å². The van der Waals surface area contributed by atoms with Gasteiger partial charge in [-0.3, -0.25) is 25.0 Å². The Balaban J connectivity index is 1.75. The Hall–Kier alpha value is -3.50. The molecule has 9 nitrogen and oxygen atoms in total. The molecular formula is C20H16ClN3O6S. The maximum atomic E-state index is 12.5. The number of halogens is 1. The second-order valence-electron chi connectivity index (χ2n) is 6.65. The number of hydrogen-bond acceptors (Lipinski definition) is 7. The van der Waals surface area contributed by atoms with Crippen LogP contribution in [0.25, 0.3) is 0 Å². The lowest BCUT2D eigenvalue weighted by molar-refractivity contribution is -0.395. The van der Waals surface area contributed by atoms with Crippen LogP contribution in [-0.4, -0.2) is 15.8 Å². The van der Waals surface area contributed by atoms with Gasteiger partial charge in [0.1, 0.15) is 17.9 Å². The number of nitrogens with one attached hydrogen (secondary N) is 1. The smallest absolute Gasteiger partial charge is 0.281 e. The summed E-state index contributed by atoms with van der Waals surface area (Å²) in [5, 5.41) is 27.1. The van der Waals surface area contributed by atoms with E-state index in [1.807, 2.05) is 13.0 Å². The third-order valence-corrected chi connectivity index (χ3v) is 5.65. The first-order valence-electron chi connectivity index (χ1n) is 8.87. The van der Waals surface area contributed by atoms with Gasteiger partial charge < -0.3 is 10.1 Å². The van der Waals surface area contributed by atoms with Gasteiger partial charge in [0, 0.05) is 17.7 Å². The first-order chi connectivity index (χ1) is 14.7. The van der Waals surface area contributed by atoms with Gasteiger partial charge in [-0.2, -0.15) is 0 Å². The predicted molar refractivity (Wildman–Crippen MR) is 117 cm³/mol. The normalized spacial score (nSPS) is 10.5. The van der Waals surface area contributed by atoms with Crippen LogP contribution in [0.15, 0.2) is 41.8 Å². The summed E-state index contributed by atoms with van der Waals surface area (Å²) in [7, 11) is 0. The molecule has 1 aromatic heterocycles. The number of carbonyl (C=O) groups excluding carboxylic acids is 1. The van der Waals surface area contributed by atoms with Crippen molar-refractivity contribution in [2.45, 2.75) is 20.5 Å². The minimum absolute atomic E-state index is 0.0354. The van der Waals surface area contributed by atoms with Crippen LogP contribution in [-0.2, 0) is 6.61 Å². The van der Waals surface area contributed by atoms with E-state index in [-0.39, 0.29) is 17.9 Å². The SMILES string of the molecule is Cc1ccc(Cl)c(OCc2csc(C(=O)Nc3cc([N+](=O)[O-])c(C)c([N+](=O)[O-])c3)c2)c1. The summed E-state index contributed by atoms with van der Waals surface area (Å²) in [6.07, 6.45) is 0. The molecule has 0 fully saturated rings. The van der Waals surface area contributed by atoms with Gasteiger partial charge in [0.15, 0.2) is 0 Å². The van der Waals surface area contributed by atoms with E-state index in [1.165, 1.54) is 6.92 Å². The molecule has 0 bridgehead atoms. The maximum Gasteiger partial charge on any atom is 0.281 e. The molecule has 31 heavy (non-hydrogen) atoms. The van der Waals surface area contributed by atoms with Crippen molar-refractivity contribution in [2.24, 2.45) is 0 Å². The van der Waals surface area contributed by atoms with Crippen molar-refractivity contribution in [3.63, 3.8) is 0 Å². The average Bonchev–Trinajstić information content (AvgIpc) is 3.18. The molecule has 0 radical (unpaired) electrons. The monoisotopic (exact) mass is 461 g/mol. The molecule has 0 aliphatic rings. The molecule has 2 aromatic carbocycles. The molecule has 0 atom stereocenters. The zero-order chi connectivity index (χ0) is 22.7. The first kappa shape index (κ1) is 22.2. The van der Waals surface area contributed by atoms with Crippen LogP contribution in [0, 0.1) is 34.1 Å². The Bertz CT molecular complexity index is 1160. The molecule has 160 valence electrons. The lowest BCUT2D eigenvalue weighted by Gasteiger charge is -2.08. The minimum atomic E-state index is -0.727. The van der Waals surface area contributed by atoms with Crippen LogP contribution in [0.1, 0.15) is 26.4 Å². The molecule has 0 aliphatic heterocycles. The zero-order valence-corrected chi connectivity index (χ0v) is 18.0. The van der Waals surface area contributed by atoms with Gasteiger partial charge in [-0.05, 0) is 43.0 Å². The molecule has 0 saturated carbocycles. The van der Waals surface area contributed by atoms with Crippen LogP contribution in [0.4, 0.5) is 17.1 Å². The van der Waals surface area contributed by atoms with Crippen LogP contribution >= 0.6 is 22.9 Å². The number of carbonyl (C=O) groups is 1. The second kappa shape index (κ2) is 9.11. The van der Waals surface area contributed by atoms with Crippen LogP contribution in [0.3, 0.4) is 0 Å². The van der Waals surface area contributed by atoms with Gasteiger partial charge in [0.05, 0.1) is 25.4 Å². The first-order valence-corrected chi connectivity index (χ1v) is 10.1. The lowest BCUT2D eigenvalue weighted by atomic mass is 10.1. The van der Waals surface area contributed by atoms with E-state index < -0.39 is 27.1 Å². The molecule has 3 aromatic rings. The number of thiophene rings is 1. The molecule has 1 N–H and O–H groups in total. The third-order valence-electron chi connectivity index (χ3n) is 4.36. The summed E-state index contributed by atoms with van der Waals surface area (Å²) in [6.45, 7) is 3.39. The topological polar surface area (TPSA) is 125 Å². The maximum absolute atomic E-state index is 12.5. The van der Waals surface area contributed by atoms with Gasteiger partial charge in [-0.1, -0.05) is 17.7 Å². The van der Waals surface area contributed by atoms with Gasteiger partial charge in [-0.15, -0.1) is 11.3 Å². The van der Waals surface area contributed by atoms with E-state index in [0.29, 0.717) is 15.6 Å². The lowest BCUT2D eigenvalue weighted by Crippen LogP contribution is -2.11. The highest BCUT2D eigenvalue weighted by molar-refractivity contribution is 7.12. The van der Waals surface area contributed by atoms with Crippen molar-refractivity contribution in [3.8, 4) is 5.75 Å². The Kier molecular flexibility index (Phi) is 6.52. The Labute approximate surface area is 185 Å². The number of benzene rings is 2. The van der Waals surface area contributed by atoms with E-state index in [9.17, 15) is 25.0 Å². The summed E-state index contributed by atoms with van der Waals surface area (Å²) in [4.78, 5) is 33.8. The summed E-state index contributed by atoms with van der Waals surface area (Å²) >= 11 is 7.26. The Morgan fingerprint density at radius 3 is 2.35 bits per heavy atom. The van der Waals surface area contributed by atoms with Gasteiger partial charge >= 0.3 is 0 Å². The predicted octanol–water partition coefficient (Wildman–Crippen LogP) is 5.67. The van der Waals surface area contributed by atoms with Crippen molar-refractivity contribution >= 4 is 45.9 Å². The number of nitro groups is 2. The molecule has 0 saturated heterocycles. The molecule has 1 heterocycles. The van der Waals surface area contributed by atoms with Crippen molar-refractivity contribution < 1.29 is 19.4 Å². The standard InChI is InChI=1S/C20H16ClN3O6S/c1-11-3-4-15(21)18(5-11)30-9-13-6-19(31-10-13)20(25)22-14-7-16(23(26)27)12(2)17(8-14)24(28)29/h3-8,10H,9H2,1-2H3,(H,22,25). The van der Waals surface area contributed by atoms with Crippen molar-refractivity contribution in [1.29, 1.82) is 0 Å². The molecule has 0 aliphatic carbocycles. The van der Waals surface area contributed by atoms with E-state index in [4.69, 9.17) is 16.3 Å². The molecule has 3 rings (SSSR count). The van der Waals surface area contributed by atoms with Gasteiger partial charge in [0.2, 0.25) is 0 Å². The number of amides is 1. The summed E-state index contributed by atoms with van der Waals surface area (Å²) < 4.78 is 5.71. The third kappa shape index (κ3) is 5.16. The van der Waals surface area contributed by atoms with Crippen LogP contribution in [0.2, 0.25) is 5.02 Å². The van der Waals surface area contributed by atoms with Crippen LogP contribution in [0.5, 0.6) is 5.75 Å². The second-order valence-corrected chi connectivity index (χ2v) is 7.97. The molecular weight excluding hydrogens is 446 g/mol. The molecule has 0 unspecified atom stereocenters. The summed E-state index contributed by atoms with van der Waals surface area (Å²) in [5.74, 6) is -0.0181. The summed E-state index contributed by atoms with van der Waals surface area (Å²) in [6, 6.07) is 9.20. The zero-order valence-electron chi connectivity index (χ0n) is 16.4. The molecule has 0 spiro atoms. The van der Waals surface area contributed by atoms with E-state index in [2.05, 4.69) is 5.32 Å². The highest BCUT2D eigenvalue weighted by atomic mass is 35.5. The van der Waals surface area contributed by atoms with Gasteiger partial charge in [0.25, 0.3) is 17.3 Å². The number of ether oxygens (including phenoxy) is 1. The Morgan fingerprint density at radius 2 is 1.74 bits per heavy atom. The minimum Gasteiger partial charge on any atom is -0.487 e. The van der Waals surface area contributed by atoms with E-state index in [1.54, 1.807) is 23.6 Å². The van der Waals surface area contributed by atoms with E-state index >= 15 is 0 Å². The van der Waals surface area contributed by atoms with Crippen molar-refractivity contribution in [3.05, 3.63) is 88.6 Å². The fourth-order valence-corrected chi connectivity index (χ4v) is 3.74. The number of hydrogen-bond donors (Lipinski definition) is 1. The fourth-order valence-electron chi connectivity index (χ4n) is 2.78. The van der Waals surface area contributed by atoms with Gasteiger partial charge in [-0.25, -0.2) is 0 Å². The number of nitrogens with zero attached hydrogens (tertiary/aromatic N) is 2. The highest BCUT2D eigenvalue weighted by Crippen LogP contribution is 2.32. The fraction of sp³-hybridized carbons (Fsp3) is 0.150. The number of rotatable bonds is 7. The number of anilines is 1. The van der Waals surface area contributed by atoms with E-state index in [0.717, 1.165) is 34.6 Å². The van der Waals surface area contributed by atoms with Crippen molar-refractivity contribution in [1.82, 2.24) is 0 Å². The molecule has 11 heteroatoms. The number of nitro benzene ring substituents is 2. The number of aryl methyl sites for hydroxylation is 1. The average molecular weight is 462 g/mol. The molecule has 1 amide bonds.